The Morgan fingerprint density at radius 1 is 1.07 bits per heavy atom. The van der Waals surface area contributed by atoms with Gasteiger partial charge >= 0.3 is 0 Å². The molecule has 0 amide bonds. The predicted octanol–water partition coefficient (Wildman–Crippen LogP) is 3.22. The number of rotatable bonds is 4. The number of aromatic hydroxyl groups is 1. The van der Waals surface area contributed by atoms with E-state index in [2.05, 4.69) is 4.98 Å². The summed E-state index contributed by atoms with van der Waals surface area (Å²) in [5, 5.41) is 10.4. The second kappa shape index (κ2) is 7.64. The van der Waals surface area contributed by atoms with Gasteiger partial charge in [-0.2, -0.15) is 0 Å². The molecule has 1 aromatic heterocycles. The van der Waals surface area contributed by atoms with Crippen molar-refractivity contribution in [3.05, 3.63) is 89.4 Å². The number of para-hydroxylation sites is 1. The zero-order valence-electron chi connectivity index (χ0n) is 16.0. The maximum atomic E-state index is 13.4. The van der Waals surface area contributed by atoms with E-state index in [0.29, 0.717) is 5.56 Å². The average molecular weight is 422 g/mol. The smallest absolute Gasteiger partial charge is 0.265 e. The molecule has 1 N–H and O–H groups in total. The minimum atomic E-state index is -4.00. The molecule has 0 aliphatic carbocycles. The number of aromatic nitrogens is 1. The van der Waals surface area contributed by atoms with Gasteiger partial charge in [0.2, 0.25) is 5.78 Å². The van der Waals surface area contributed by atoms with E-state index >= 15 is 0 Å². The number of nitrogens with zero attached hydrogens (tertiary/aromatic N) is 2. The first kappa shape index (κ1) is 19.7. The van der Waals surface area contributed by atoms with E-state index in [1.807, 2.05) is 0 Å². The molecule has 0 bridgehead atoms. The molecule has 0 fully saturated rings. The number of carbonyl (C=O) groups excluding carboxylic acids is 1. The molecule has 30 heavy (non-hydrogen) atoms. The zero-order chi connectivity index (χ0) is 21.3. The van der Waals surface area contributed by atoms with Crippen LogP contribution in [0.15, 0.2) is 77.6 Å². The van der Waals surface area contributed by atoms with E-state index in [9.17, 15) is 18.3 Å². The lowest BCUT2D eigenvalue weighted by Crippen LogP contribution is -2.38. The first-order chi connectivity index (χ1) is 14.4. The number of fused-ring (bicyclic) bond motifs is 1. The minimum absolute atomic E-state index is 0.0453. The number of methoxy groups -OCH3 is 1. The van der Waals surface area contributed by atoms with Crippen LogP contribution in [0.3, 0.4) is 0 Å². The summed E-state index contributed by atoms with van der Waals surface area (Å²) in [6, 6.07) is 14.3. The summed E-state index contributed by atoms with van der Waals surface area (Å²) in [6.45, 7) is -0.0541. The fourth-order valence-electron chi connectivity index (χ4n) is 3.31. The van der Waals surface area contributed by atoms with Gasteiger partial charge in [0.1, 0.15) is 5.70 Å². The molecule has 0 unspecified atom stereocenters. The first-order valence-electron chi connectivity index (χ1n) is 9.06. The van der Waals surface area contributed by atoms with E-state index < -0.39 is 15.8 Å². The Morgan fingerprint density at radius 2 is 1.80 bits per heavy atom. The van der Waals surface area contributed by atoms with Gasteiger partial charge in [-0.15, -0.1) is 0 Å². The average Bonchev–Trinajstić information content (AvgIpc) is 2.76. The van der Waals surface area contributed by atoms with Crippen molar-refractivity contribution in [2.75, 3.05) is 7.11 Å². The maximum absolute atomic E-state index is 13.4. The van der Waals surface area contributed by atoms with Gasteiger partial charge in [0.05, 0.1) is 18.6 Å². The number of phenolic OH excluding ortho intramolecular Hbond substituents is 1. The molecule has 4 rings (SSSR count). The molecule has 0 spiro atoms. The topological polar surface area (TPSA) is 96.8 Å². The summed E-state index contributed by atoms with van der Waals surface area (Å²) in [5.41, 5.74) is 0.972. The van der Waals surface area contributed by atoms with E-state index in [4.69, 9.17) is 4.74 Å². The molecule has 8 heteroatoms. The van der Waals surface area contributed by atoms with Crippen LogP contribution in [0.2, 0.25) is 0 Å². The number of allylic oxidation sites excluding steroid dienone is 1. The van der Waals surface area contributed by atoms with Gasteiger partial charge in [0, 0.05) is 23.5 Å². The van der Waals surface area contributed by atoms with Gasteiger partial charge in [-0.3, -0.25) is 14.1 Å². The summed E-state index contributed by atoms with van der Waals surface area (Å²) in [6.07, 6.45) is 4.48. The lowest BCUT2D eigenvalue weighted by Gasteiger charge is -2.31. The summed E-state index contributed by atoms with van der Waals surface area (Å²) in [7, 11) is -2.59. The van der Waals surface area contributed by atoms with Gasteiger partial charge in [0.15, 0.2) is 11.5 Å². The van der Waals surface area contributed by atoms with Crippen molar-refractivity contribution < 1.29 is 23.1 Å². The van der Waals surface area contributed by atoms with Crippen LogP contribution in [0.5, 0.6) is 11.5 Å². The molecule has 0 atom stereocenters. The van der Waals surface area contributed by atoms with Crippen molar-refractivity contribution in [3.63, 3.8) is 0 Å². The van der Waals surface area contributed by atoms with Crippen molar-refractivity contribution in [1.29, 1.82) is 0 Å². The van der Waals surface area contributed by atoms with Crippen LogP contribution in [0.1, 0.15) is 21.5 Å². The van der Waals surface area contributed by atoms with Gasteiger partial charge in [0.25, 0.3) is 10.0 Å². The number of carbonyl (C=O) groups is 1. The Balaban J connectivity index is 1.93. The lowest BCUT2D eigenvalue weighted by atomic mass is 10.0. The molecule has 1 aliphatic heterocycles. The van der Waals surface area contributed by atoms with Crippen LogP contribution in [0.4, 0.5) is 0 Å². The maximum Gasteiger partial charge on any atom is 0.265 e. The monoisotopic (exact) mass is 422 g/mol. The van der Waals surface area contributed by atoms with E-state index in [1.165, 1.54) is 25.3 Å². The Bertz CT molecular complexity index is 1250. The molecule has 0 saturated carbocycles. The second-order valence-electron chi connectivity index (χ2n) is 6.62. The summed E-state index contributed by atoms with van der Waals surface area (Å²) < 4.78 is 33.0. The van der Waals surface area contributed by atoms with Crippen LogP contribution < -0.4 is 4.74 Å². The van der Waals surface area contributed by atoms with Crippen LogP contribution in [-0.2, 0) is 16.6 Å². The zero-order valence-corrected chi connectivity index (χ0v) is 16.8. The van der Waals surface area contributed by atoms with Crippen LogP contribution in [0.25, 0.3) is 6.08 Å². The molecular formula is C22H18N2O5S. The number of benzene rings is 2. The molecular weight excluding hydrogens is 404 g/mol. The van der Waals surface area contributed by atoms with Crippen LogP contribution in [-0.4, -0.2) is 35.7 Å². The number of phenols is 1. The minimum Gasteiger partial charge on any atom is -0.504 e. The third kappa shape index (κ3) is 3.31. The quantitative estimate of drug-likeness (QED) is 0.649. The number of hydrogen-bond donors (Lipinski definition) is 1. The van der Waals surface area contributed by atoms with Crippen LogP contribution in [0, 0.1) is 0 Å². The third-order valence-electron chi connectivity index (χ3n) is 4.82. The van der Waals surface area contributed by atoms with Crippen molar-refractivity contribution in [2.24, 2.45) is 0 Å². The highest BCUT2D eigenvalue weighted by atomic mass is 32.2. The van der Waals surface area contributed by atoms with Gasteiger partial charge in [-0.1, -0.05) is 24.3 Å². The highest BCUT2D eigenvalue weighted by molar-refractivity contribution is 7.89. The normalized spacial score (nSPS) is 16.4. The van der Waals surface area contributed by atoms with Crippen molar-refractivity contribution in [3.8, 4) is 11.5 Å². The molecule has 152 valence electrons. The number of sulfonamides is 1. The van der Waals surface area contributed by atoms with Gasteiger partial charge < -0.3 is 9.84 Å². The highest BCUT2D eigenvalue weighted by Gasteiger charge is 2.39. The number of pyridine rings is 1. The van der Waals surface area contributed by atoms with Crippen molar-refractivity contribution in [1.82, 2.24) is 9.29 Å². The lowest BCUT2D eigenvalue weighted by molar-refractivity contribution is 0.100. The van der Waals surface area contributed by atoms with Gasteiger partial charge in [-0.05, 0) is 42.0 Å². The van der Waals surface area contributed by atoms with E-state index in [0.717, 1.165) is 4.31 Å². The Morgan fingerprint density at radius 3 is 2.53 bits per heavy atom. The number of ether oxygens (including phenoxy) is 1. The summed E-state index contributed by atoms with van der Waals surface area (Å²) in [5.74, 6) is -0.409. The molecule has 2 aromatic carbocycles. The second-order valence-corrected chi connectivity index (χ2v) is 8.45. The molecule has 0 radical (unpaired) electrons. The van der Waals surface area contributed by atoms with Gasteiger partial charge in [-0.25, -0.2) is 8.42 Å². The Kier molecular flexibility index (Phi) is 5.01. The molecule has 2 heterocycles. The largest absolute Gasteiger partial charge is 0.504 e. The number of Topliss-reactive ketones (excluding diaryl/α,β-unsaturated/α-hetero) is 1. The van der Waals surface area contributed by atoms with E-state index in [-0.39, 0.29) is 39.8 Å². The molecule has 1 aliphatic rings. The number of ketones is 1. The third-order valence-corrected chi connectivity index (χ3v) is 6.64. The standard InChI is InChI=1S/C22H18N2O5S/c1-29-19-7-4-5-16(21(19)25)13-18-22(26)17-6-2-3-8-20(17)30(27,28)24(18)14-15-9-11-23-12-10-15/h2-13,25H,14H2,1H3/b18-13-. The highest BCUT2D eigenvalue weighted by Crippen LogP contribution is 2.37. The predicted molar refractivity (Wildman–Crippen MR) is 110 cm³/mol. The molecule has 0 saturated heterocycles. The summed E-state index contributed by atoms with van der Waals surface area (Å²) >= 11 is 0. The Labute approximate surface area is 173 Å². The Hall–Kier alpha value is -3.65. The van der Waals surface area contributed by atoms with Crippen molar-refractivity contribution >= 4 is 21.9 Å². The van der Waals surface area contributed by atoms with E-state index in [1.54, 1.807) is 54.9 Å². The van der Waals surface area contributed by atoms with Crippen LogP contribution >= 0.6 is 0 Å². The van der Waals surface area contributed by atoms with Crippen molar-refractivity contribution in [2.45, 2.75) is 11.4 Å². The molecule has 7 nitrogen and oxygen atoms in total. The summed E-state index contributed by atoms with van der Waals surface area (Å²) in [4.78, 5) is 17.2. The first-order valence-corrected chi connectivity index (χ1v) is 10.5. The number of hydrogen-bond acceptors (Lipinski definition) is 6. The fraction of sp³-hybridized carbons (Fsp3) is 0.0909. The fourth-order valence-corrected chi connectivity index (χ4v) is 4.95. The SMILES string of the molecule is COc1cccc(/C=C2/C(=O)c3ccccc3S(=O)(=O)N2Cc2ccncc2)c1O. The molecule has 3 aromatic rings.